The van der Waals surface area contributed by atoms with Gasteiger partial charge >= 0.3 is 5.97 Å². The van der Waals surface area contributed by atoms with Crippen molar-refractivity contribution in [2.75, 3.05) is 20.7 Å². The number of hydrogen-bond acceptors (Lipinski definition) is 4. The summed E-state index contributed by atoms with van der Waals surface area (Å²) in [5, 5.41) is 3.80. The van der Waals surface area contributed by atoms with Gasteiger partial charge in [-0.3, -0.25) is 0 Å². The van der Waals surface area contributed by atoms with Crippen molar-refractivity contribution >= 4 is 17.6 Å². The lowest BCUT2D eigenvalue weighted by molar-refractivity contribution is 0.0593. The van der Waals surface area contributed by atoms with E-state index in [0.29, 0.717) is 16.5 Å². The molecule has 124 valence electrons. The zero-order valence-corrected chi connectivity index (χ0v) is 14.2. The van der Waals surface area contributed by atoms with Crippen LogP contribution in [0.4, 0.5) is 0 Å². The zero-order valence-electron chi connectivity index (χ0n) is 13.5. The first-order valence-corrected chi connectivity index (χ1v) is 8.11. The number of aromatic nitrogens is 2. The second-order valence-electron chi connectivity index (χ2n) is 5.33. The number of nitrogens with one attached hydrogen (secondary N) is 2. The zero-order chi connectivity index (χ0) is 16.7. The monoisotopic (exact) mass is 335 g/mol. The Morgan fingerprint density at radius 3 is 2.65 bits per heavy atom. The Morgan fingerprint density at radius 2 is 2.00 bits per heavy atom. The number of benzene rings is 1. The highest BCUT2D eigenvalue weighted by Crippen LogP contribution is 2.22. The van der Waals surface area contributed by atoms with Crippen LogP contribution in [0.1, 0.15) is 35.4 Å². The lowest BCUT2D eigenvalue weighted by Gasteiger charge is -2.02. The molecule has 6 heteroatoms. The number of unbranched alkanes of at least 4 members (excludes halogenated alkanes) is 2. The number of carbonyl (C=O) groups excluding carboxylic acids is 1. The van der Waals surface area contributed by atoms with Crippen LogP contribution in [-0.4, -0.2) is 36.6 Å². The Kier molecular flexibility index (Phi) is 6.62. The van der Waals surface area contributed by atoms with Crippen molar-refractivity contribution in [3.05, 3.63) is 40.7 Å². The fraction of sp³-hybridized carbons (Fsp3) is 0.412. The standard InChI is InChI=1S/C17H22ClN3O2/c1-19-11-5-3-4-6-14-15(17(22)23-2)21-16(20-14)12-7-9-13(18)10-8-12/h7-10,19H,3-6,11H2,1-2H3,(H,20,21). The predicted octanol–water partition coefficient (Wildman–Crippen LogP) is 3.45. The molecule has 23 heavy (non-hydrogen) atoms. The summed E-state index contributed by atoms with van der Waals surface area (Å²) in [4.78, 5) is 19.6. The minimum Gasteiger partial charge on any atom is -0.464 e. The molecule has 0 aliphatic heterocycles. The number of esters is 1. The highest BCUT2D eigenvalue weighted by atomic mass is 35.5. The molecule has 0 fully saturated rings. The van der Waals surface area contributed by atoms with Crippen molar-refractivity contribution in [1.82, 2.24) is 15.3 Å². The molecule has 0 radical (unpaired) electrons. The first-order chi connectivity index (χ1) is 11.2. The molecule has 5 nitrogen and oxygen atoms in total. The van der Waals surface area contributed by atoms with Crippen LogP contribution in [0.5, 0.6) is 0 Å². The van der Waals surface area contributed by atoms with E-state index in [1.54, 1.807) is 12.1 Å². The predicted molar refractivity (Wildman–Crippen MR) is 91.9 cm³/mol. The molecule has 0 saturated heterocycles. The van der Waals surface area contributed by atoms with E-state index in [-0.39, 0.29) is 0 Å². The molecule has 1 aromatic heterocycles. The number of rotatable bonds is 8. The third-order valence-corrected chi connectivity index (χ3v) is 3.88. The number of nitrogens with zero attached hydrogens (tertiary/aromatic N) is 1. The third-order valence-electron chi connectivity index (χ3n) is 3.63. The molecule has 1 heterocycles. The maximum absolute atomic E-state index is 11.9. The summed E-state index contributed by atoms with van der Waals surface area (Å²) < 4.78 is 4.84. The normalized spacial score (nSPS) is 10.7. The Labute approximate surface area is 141 Å². The number of halogens is 1. The van der Waals surface area contributed by atoms with Crippen LogP contribution in [-0.2, 0) is 11.2 Å². The quantitative estimate of drug-likeness (QED) is 0.572. The lowest BCUT2D eigenvalue weighted by Crippen LogP contribution is -2.08. The first-order valence-electron chi connectivity index (χ1n) is 7.73. The molecule has 0 unspecified atom stereocenters. The molecule has 0 aliphatic rings. The third kappa shape index (κ3) is 4.81. The molecule has 2 rings (SSSR count). The van der Waals surface area contributed by atoms with Gasteiger partial charge in [-0.1, -0.05) is 18.0 Å². The number of hydrogen-bond donors (Lipinski definition) is 2. The van der Waals surface area contributed by atoms with Crippen molar-refractivity contribution < 1.29 is 9.53 Å². The average Bonchev–Trinajstić information content (AvgIpc) is 2.99. The Balaban J connectivity index is 2.15. The molecular formula is C17H22ClN3O2. The Morgan fingerprint density at radius 1 is 1.26 bits per heavy atom. The van der Waals surface area contributed by atoms with E-state index in [0.717, 1.165) is 43.5 Å². The van der Waals surface area contributed by atoms with Gasteiger partial charge in [0.1, 0.15) is 5.82 Å². The highest BCUT2D eigenvalue weighted by Gasteiger charge is 2.18. The summed E-state index contributed by atoms with van der Waals surface area (Å²) >= 11 is 5.91. The van der Waals surface area contributed by atoms with E-state index in [2.05, 4.69) is 15.3 Å². The van der Waals surface area contributed by atoms with E-state index in [9.17, 15) is 4.79 Å². The van der Waals surface area contributed by atoms with E-state index in [4.69, 9.17) is 16.3 Å². The van der Waals surface area contributed by atoms with Gasteiger partial charge in [-0.2, -0.15) is 0 Å². The molecular weight excluding hydrogens is 314 g/mol. The van der Waals surface area contributed by atoms with Gasteiger partial charge in [0.15, 0.2) is 5.69 Å². The topological polar surface area (TPSA) is 67.0 Å². The van der Waals surface area contributed by atoms with Crippen molar-refractivity contribution in [2.24, 2.45) is 0 Å². The molecule has 0 saturated carbocycles. The van der Waals surface area contributed by atoms with Crippen molar-refractivity contribution in [1.29, 1.82) is 0 Å². The van der Waals surface area contributed by atoms with Crippen LogP contribution in [0, 0.1) is 0 Å². The fourth-order valence-electron chi connectivity index (χ4n) is 2.38. The summed E-state index contributed by atoms with van der Waals surface area (Å²) in [5.74, 6) is 0.249. The largest absolute Gasteiger partial charge is 0.464 e. The Bertz CT molecular complexity index is 638. The van der Waals surface area contributed by atoms with E-state index in [1.165, 1.54) is 7.11 Å². The van der Waals surface area contributed by atoms with Gasteiger partial charge in [0.25, 0.3) is 0 Å². The van der Waals surface area contributed by atoms with E-state index < -0.39 is 5.97 Å². The van der Waals surface area contributed by atoms with E-state index in [1.807, 2.05) is 19.2 Å². The fourth-order valence-corrected chi connectivity index (χ4v) is 2.51. The number of methoxy groups -OCH3 is 1. The van der Waals surface area contributed by atoms with Crippen LogP contribution < -0.4 is 5.32 Å². The van der Waals surface area contributed by atoms with Crippen molar-refractivity contribution in [2.45, 2.75) is 25.7 Å². The molecule has 0 bridgehead atoms. The van der Waals surface area contributed by atoms with Gasteiger partial charge < -0.3 is 15.0 Å². The number of H-pyrrole nitrogens is 1. The summed E-state index contributed by atoms with van der Waals surface area (Å²) in [6.45, 7) is 1.00. The number of ether oxygens (including phenoxy) is 1. The van der Waals surface area contributed by atoms with Crippen LogP contribution in [0.25, 0.3) is 11.4 Å². The number of aryl methyl sites for hydroxylation is 1. The van der Waals surface area contributed by atoms with E-state index >= 15 is 0 Å². The molecule has 0 aliphatic carbocycles. The summed E-state index contributed by atoms with van der Waals surface area (Å²) in [7, 11) is 3.32. The molecule has 2 N–H and O–H groups in total. The van der Waals surface area contributed by atoms with Gasteiger partial charge in [-0.15, -0.1) is 0 Å². The number of aromatic amines is 1. The second-order valence-corrected chi connectivity index (χ2v) is 5.76. The maximum atomic E-state index is 11.9. The van der Waals surface area contributed by atoms with Crippen LogP contribution >= 0.6 is 11.6 Å². The van der Waals surface area contributed by atoms with Gasteiger partial charge in [0.2, 0.25) is 0 Å². The average molecular weight is 336 g/mol. The lowest BCUT2D eigenvalue weighted by atomic mass is 10.1. The van der Waals surface area contributed by atoms with Gasteiger partial charge in [0, 0.05) is 16.3 Å². The summed E-state index contributed by atoms with van der Waals surface area (Å²) in [5.41, 5.74) is 2.08. The maximum Gasteiger partial charge on any atom is 0.358 e. The first kappa shape index (κ1) is 17.5. The van der Waals surface area contributed by atoms with Crippen molar-refractivity contribution in [3.63, 3.8) is 0 Å². The molecule has 0 atom stereocenters. The smallest absolute Gasteiger partial charge is 0.358 e. The van der Waals surface area contributed by atoms with Gasteiger partial charge in [-0.05, 0) is 57.1 Å². The SMILES string of the molecule is CNCCCCCc1[nH]c(-c2ccc(Cl)cc2)nc1C(=O)OC. The van der Waals surface area contributed by atoms with Crippen LogP contribution in [0.2, 0.25) is 5.02 Å². The minimum absolute atomic E-state index is 0.367. The minimum atomic E-state index is -0.410. The molecule has 2 aromatic rings. The van der Waals surface area contributed by atoms with Crippen LogP contribution in [0.15, 0.2) is 24.3 Å². The summed E-state index contributed by atoms with van der Waals surface area (Å²) in [6.07, 6.45) is 3.97. The molecule has 0 amide bonds. The molecule has 1 aromatic carbocycles. The molecule has 0 spiro atoms. The summed E-state index contributed by atoms with van der Waals surface area (Å²) in [6, 6.07) is 7.35. The van der Waals surface area contributed by atoms with Crippen LogP contribution in [0.3, 0.4) is 0 Å². The highest BCUT2D eigenvalue weighted by molar-refractivity contribution is 6.30. The second kappa shape index (κ2) is 8.70. The number of carbonyl (C=O) groups is 1. The number of imidazole rings is 1. The van der Waals surface area contributed by atoms with Crippen molar-refractivity contribution in [3.8, 4) is 11.4 Å². The van der Waals surface area contributed by atoms with Gasteiger partial charge in [-0.25, -0.2) is 9.78 Å². The Hall–Kier alpha value is -1.85. The van der Waals surface area contributed by atoms with Gasteiger partial charge in [0.05, 0.1) is 7.11 Å².